The van der Waals surface area contributed by atoms with Gasteiger partial charge in [0.15, 0.2) is 5.78 Å². The van der Waals surface area contributed by atoms with Crippen molar-refractivity contribution in [2.24, 2.45) is 0 Å². The number of amides is 1. The second kappa shape index (κ2) is 8.40. The van der Waals surface area contributed by atoms with Gasteiger partial charge in [0, 0.05) is 26.3 Å². The van der Waals surface area contributed by atoms with Crippen LogP contribution in [0.2, 0.25) is 0 Å². The molecule has 0 fully saturated rings. The van der Waals surface area contributed by atoms with Crippen LogP contribution in [0.25, 0.3) is 0 Å². The highest BCUT2D eigenvalue weighted by Crippen LogP contribution is 2.14. The Kier molecular flexibility index (Phi) is 6.26. The number of benzene rings is 1. The Morgan fingerprint density at radius 3 is 2.38 bits per heavy atom. The summed E-state index contributed by atoms with van der Waals surface area (Å²) in [5.41, 5.74) is 0.846. The average molecular weight is 345 g/mol. The first-order chi connectivity index (χ1) is 11.5. The lowest BCUT2D eigenvalue weighted by atomic mass is 10.0. The molecule has 5 nitrogen and oxygen atoms in total. The van der Waals surface area contributed by atoms with Gasteiger partial charge in [0.05, 0.1) is 4.88 Å². The number of hydrogen-bond donors (Lipinski definition) is 1. The summed E-state index contributed by atoms with van der Waals surface area (Å²) >= 11 is 1.34. The quantitative estimate of drug-likeness (QED) is 0.747. The highest BCUT2D eigenvalue weighted by atomic mass is 32.1. The molecule has 1 aromatic heterocycles. The summed E-state index contributed by atoms with van der Waals surface area (Å²) < 4.78 is 0. The van der Waals surface area contributed by atoms with Crippen LogP contribution < -0.4 is 0 Å². The van der Waals surface area contributed by atoms with Crippen molar-refractivity contribution >= 4 is 29.0 Å². The average Bonchev–Trinajstić information content (AvgIpc) is 3.12. The van der Waals surface area contributed by atoms with E-state index >= 15 is 0 Å². The van der Waals surface area contributed by atoms with Gasteiger partial charge < -0.3 is 10.0 Å². The van der Waals surface area contributed by atoms with E-state index in [-0.39, 0.29) is 31.0 Å². The zero-order valence-electron chi connectivity index (χ0n) is 13.3. The van der Waals surface area contributed by atoms with Gasteiger partial charge in [0.2, 0.25) is 5.91 Å². The van der Waals surface area contributed by atoms with E-state index in [4.69, 9.17) is 0 Å². The lowest BCUT2D eigenvalue weighted by Gasteiger charge is -2.25. The molecule has 0 saturated carbocycles. The fourth-order valence-corrected chi connectivity index (χ4v) is 3.05. The fourth-order valence-electron chi connectivity index (χ4n) is 2.36. The van der Waals surface area contributed by atoms with Crippen molar-refractivity contribution in [3.63, 3.8) is 0 Å². The minimum Gasteiger partial charge on any atom is -0.480 e. The van der Waals surface area contributed by atoms with Gasteiger partial charge in [-0.3, -0.25) is 9.59 Å². The maximum Gasteiger partial charge on any atom is 0.326 e. The Labute approximate surface area is 144 Å². The van der Waals surface area contributed by atoms with Crippen molar-refractivity contribution < 1.29 is 19.5 Å². The van der Waals surface area contributed by atoms with E-state index in [1.165, 1.54) is 23.3 Å². The number of carbonyl (C=O) groups excluding carboxylic acids is 2. The molecule has 0 bridgehead atoms. The van der Waals surface area contributed by atoms with Crippen molar-refractivity contribution in [3.05, 3.63) is 58.3 Å². The summed E-state index contributed by atoms with van der Waals surface area (Å²) in [5, 5.41) is 11.2. The summed E-state index contributed by atoms with van der Waals surface area (Å²) in [6.07, 6.45) is 0.324. The largest absolute Gasteiger partial charge is 0.480 e. The van der Waals surface area contributed by atoms with Gasteiger partial charge >= 0.3 is 5.97 Å². The predicted molar refractivity (Wildman–Crippen MR) is 92.2 cm³/mol. The molecule has 1 N–H and O–H groups in total. The van der Waals surface area contributed by atoms with Crippen LogP contribution in [0.1, 0.15) is 28.1 Å². The number of carboxylic acid groups (broad SMARTS) is 1. The number of thiophene rings is 1. The van der Waals surface area contributed by atoms with Crippen LogP contribution in [-0.4, -0.2) is 40.8 Å². The third-order valence-electron chi connectivity index (χ3n) is 3.78. The number of rotatable bonds is 8. The summed E-state index contributed by atoms with van der Waals surface area (Å²) in [6.45, 7) is 0. The normalized spacial score (nSPS) is 11.7. The van der Waals surface area contributed by atoms with Crippen LogP contribution in [0.4, 0.5) is 0 Å². The molecule has 1 unspecified atom stereocenters. The van der Waals surface area contributed by atoms with E-state index in [9.17, 15) is 19.5 Å². The maximum atomic E-state index is 12.3. The van der Waals surface area contributed by atoms with Crippen LogP contribution in [0.3, 0.4) is 0 Å². The molecule has 24 heavy (non-hydrogen) atoms. The lowest BCUT2D eigenvalue weighted by molar-refractivity contribution is -0.148. The molecule has 0 aliphatic carbocycles. The molecule has 1 amide bonds. The minimum absolute atomic E-state index is 0.00576. The first-order valence-electron chi connectivity index (χ1n) is 7.58. The monoisotopic (exact) mass is 345 g/mol. The first kappa shape index (κ1) is 17.9. The zero-order valence-corrected chi connectivity index (χ0v) is 14.2. The van der Waals surface area contributed by atoms with Crippen molar-refractivity contribution in [2.75, 3.05) is 7.05 Å². The lowest BCUT2D eigenvalue weighted by Crippen LogP contribution is -2.43. The third-order valence-corrected chi connectivity index (χ3v) is 4.69. The smallest absolute Gasteiger partial charge is 0.326 e. The molecule has 1 atom stereocenters. The molecule has 0 spiro atoms. The number of nitrogens with zero attached hydrogens (tertiary/aromatic N) is 1. The van der Waals surface area contributed by atoms with Crippen molar-refractivity contribution in [1.29, 1.82) is 0 Å². The number of ketones is 1. The zero-order chi connectivity index (χ0) is 17.5. The summed E-state index contributed by atoms with van der Waals surface area (Å²) in [7, 11) is 1.47. The van der Waals surface area contributed by atoms with E-state index in [2.05, 4.69) is 0 Å². The van der Waals surface area contributed by atoms with Gasteiger partial charge in [-0.05, 0) is 17.0 Å². The SMILES string of the molecule is CN(C(=O)CCC(=O)c1cccs1)C(Cc1ccccc1)C(=O)O. The van der Waals surface area contributed by atoms with E-state index in [0.29, 0.717) is 4.88 Å². The predicted octanol–water partition coefficient (Wildman–Crippen LogP) is 2.87. The summed E-state index contributed by atoms with van der Waals surface area (Å²) in [6, 6.07) is 11.7. The van der Waals surface area contributed by atoms with Crippen LogP contribution in [-0.2, 0) is 16.0 Å². The number of carboxylic acids is 1. The van der Waals surface area contributed by atoms with Gasteiger partial charge in [-0.25, -0.2) is 4.79 Å². The van der Waals surface area contributed by atoms with Crippen molar-refractivity contribution in [3.8, 4) is 0 Å². The number of likely N-dealkylation sites (N-methyl/N-ethyl adjacent to an activating group) is 1. The topological polar surface area (TPSA) is 74.7 Å². The fraction of sp³-hybridized carbons (Fsp3) is 0.278. The highest BCUT2D eigenvalue weighted by Gasteiger charge is 2.27. The highest BCUT2D eigenvalue weighted by molar-refractivity contribution is 7.12. The van der Waals surface area contributed by atoms with Gasteiger partial charge in [-0.2, -0.15) is 0 Å². The Balaban J connectivity index is 1.95. The molecule has 0 aliphatic heterocycles. The number of carbonyl (C=O) groups is 3. The minimum atomic E-state index is -1.06. The van der Waals surface area contributed by atoms with Gasteiger partial charge in [0.25, 0.3) is 0 Å². The molecule has 0 aliphatic rings. The molecule has 1 aromatic carbocycles. The Morgan fingerprint density at radius 2 is 1.79 bits per heavy atom. The van der Waals surface area contributed by atoms with Crippen LogP contribution in [0, 0.1) is 0 Å². The molecule has 2 aromatic rings. The number of hydrogen-bond acceptors (Lipinski definition) is 4. The number of Topliss-reactive ketones (excluding diaryl/α,β-unsaturated/α-hetero) is 1. The molecule has 2 rings (SSSR count). The first-order valence-corrected chi connectivity index (χ1v) is 8.46. The van der Waals surface area contributed by atoms with Gasteiger partial charge in [-0.1, -0.05) is 36.4 Å². The maximum absolute atomic E-state index is 12.3. The van der Waals surface area contributed by atoms with E-state index in [0.717, 1.165) is 5.56 Å². The second-order valence-electron chi connectivity index (χ2n) is 5.45. The molecule has 0 radical (unpaired) electrons. The number of aliphatic carboxylic acids is 1. The van der Waals surface area contributed by atoms with Gasteiger partial charge in [-0.15, -0.1) is 11.3 Å². The Morgan fingerprint density at radius 1 is 1.08 bits per heavy atom. The molecule has 0 saturated heterocycles. The molecule has 6 heteroatoms. The summed E-state index contributed by atoms with van der Waals surface area (Å²) in [5.74, 6) is -1.50. The van der Waals surface area contributed by atoms with Crippen molar-refractivity contribution in [1.82, 2.24) is 4.90 Å². The molecule has 1 heterocycles. The molecular formula is C18H19NO4S. The van der Waals surface area contributed by atoms with Crippen LogP contribution >= 0.6 is 11.3 Å². The van der Waals surface area contributed by atoms with E-state index in [1.807, 2.05) is 35.7 Å². The molecular weight excluding hydrogens is 326 g/mol. The Hall–Kier alpha value is -2.47. The summed E-state index contributed by atoms with van der Waals surface area (Å²) in [4.78, 5) is 37.6. The standard InChI is InChI=1S/C18H19NO4S/c1-19(14(18(22)23)12-13-6-3-2-4-7-13)17(21)10-9-15(20)16-8-5-11-24-16/h2-8,11,14H,9-10,12H2,1H3,(H,22,23). The van der Waals surface area contributed by atoms with Crippen LogP contribution in [0.5, 0.6) is 0 Å². The second-order valence-corrected chi connectivity index (χ2v) is 6.40. The van der Waals surface area contributed by atoms with Crippen molar-refractivity contribution in [2.45, 2.75) is 25.3 Å². The molecule has 126 valence electrons. The van der Waals surface area contributed by atoms with Gasteiger partial charge in [0.1, 0.15) is 6.04 Å². The Bertz CT molecular complexity index is 697. The third kappa shape index (κ3) is 4.76. The van der Waals surface area contributed by atoms with Crippen LogP contribution in [0.15, 0.2) is 47.8 Å². The van der Waals surface area contributed by atoms with E-state index in [1.54, 1.807) is 12.1 Å². The van der Waals surface area contributed by atoms with E-state index < -0.39 is 12.0 Å².